The highest BCUT2D eigenvalue weighted by molar-refractivity contribution is 6.44. The molecule has 0 bridgehead atoms. The fourth-order valence-electron chi connectivity index (χ4n) is 1.35. The monoisotopic (exact) mass is 384 g/mol. The molecule has 0 fully saturated rings. The lowest BCUT2D eigenvalue weighted by Gasteiger charge is -2.31. The first-order valence-electron chi connectivity index (χ1n) is 9.21. The van der Waals surface area contributed by atoms with Crippen LogP contribution in [0.15, 0.2) is 36.4 Å². The summed E-state index contributed by atoms with van der Waals surface area (Å²) in [5.74, 6) is 0. The van der Waals surface area contributed by atoms with Gasteiger partial charge in [0.2, 0.25) is 0 Å². The van der Waals surface area contributed by atoms with Crippen molar-refractivity contribution in [3.8, 4) is 0 Å². The molecule has 0 heterocycles. The smallest absolute Gasteiger partial charge is 0.114 e. The van der Waals surface area contributed by atoms with Crippen LogP contribution in [0.3, 0.4) is 0 Å². The molecule has 152 valence electrons. The average molecular weight is 384 g/mol. The first-order chi connectivity index (χ1) is 12.3. The number of hydrogen-bond acceptors (Lipinski definition) is 4. The minimum absolute atomic E-state index is 0.778. The summed E-state index contributed by atoms with van der Waals surface area (Å²) in [6.07, 6.45) is 0. The zero-order valence-corrected chi connectivity index (χ0v) is 18.4. The molecule has 4 N–H and O–H groups in total. The average Bonchev–Trinajstić information content (AvgIpc) is 2.49. The van der Waals surface area contributed by atoms with Gasteiger partial charge in [0, 0.05) is 0 Å². The first kappa shape index (κ1) is 26.7. The SMILES string of the molecule is CC(C)(O)C(C)(C)O.CC(C)(O)C(C)(C)O.[B]c1ccc([B])c2ccccc12. The summed E-state index contributed by atoms with van der Waals surface area (Å²) in [5.41, 5.74) is -2.47. The van der Waals surface area contributed by atoms with Crippen LogP contribution in [-0.2, 0) is 0 Å². The lowest BCUT2D eigenvalue weighted by atomic mass is 9.83. The fourth-order valence-corrected chi connectivity index (χ4v) is 1.35. The normalized spacial score (nSPS) is 12.6. The van der Waals surface area contributed by atoms with E-state index in [1.165, 1.54) is 0 Å². The van der Waals surface area contributed by atoms with E-state index in [1.54, 1.807) is 55.4 Å². The third kappa shape index (κ3) is 8.36. The maximum Gasteiger partial charge on any atom is 0.114 e. The standard InChI is InChI=1S/C10H6B2.2C6H14O2/c11-9-5-6-10(12)8-4-2-1-3-7(8)9;2*1-5(2,7)6(3,4)8/h1-6H;2*7-8H,1-4H3. The van der Waals surface area contributed by atoms with Gasteiger partial charge in [0.05, 0.1) is 22.4 Å². The Labute approximate surface area is 172 Å². The second-order valence-electron chi connectivity index (χ2n) is 9.03. The van der Waals surface area contributed by atoms with Gasteiger partial charge in [-0.05, 0) is 66.2 Å². The molecule has 0 spiro atoms. The van der Waals surface area contributed by atoms with E-state index in [0.717, 1.165) is 21.7 Å². The summed E-state index contributed by atoms with van der Waals surface area (Å²) in [5, 5.41) is 38.5. The molecule has 0 aromatic heterocycles. The molecule has 2 aromatic carbocycles. The molecule has 0 unspecified atom stereocenters. The van der Waals surface area contributed by atoms with E-state index in [2.05, 4.69) is 0 Å². The molecule has 0 amide bonds. The van der Waals surface area contributed by atoms with Gasteiger partial charge in [-0.25, -0.2) is 0 Å². The molecule has 2 aromatic rings. The number of hydrogen-bond donors (Lipinski definition) is 4. The highest BCUT2D eigenvalue weighted by Gasteiger charge is 2.32. The van der Waals surface area contributed by atoms with Crippen molar-refractivity contribution >= 4 is 37.4 Å². The van der Waals surface area contributed by atoms with E-state index >= 15 is 0 Å². The quantitative estimate of drug-likeness (QED) is 0.592. The molecular weight excluding hydrogens is 350 g/mol. The Morgan fingerprint density at radius 2 is 0.714 bits per heavy atom. The van der Waals surface area contributed by atoms with Crippen LogP contribution in [0.5, 0.6) is 0 Å². The zero-order valence-electron chi connectivity index (χ0n) is 18.4. The van der Waals surface area contributed by atoms with E-state index in [0.29, 0.717) is 0 Å². The Kier molecular flexibility index (Phi) is 9.00. The van der Waals surface area contributed by atoms with Gasteiger partial charge in [0.1, 0.15) is 15.7 Å². The lowest BCUT2D eigenvalue weighted by Crippen LogP contribution is -2.44. The largest absolute Gasteiger partial charge is 0.387 e. The van der Waals surface area contributed by atoms with Crippen molar-refractivity contribution in [1.82, 2.24) is 0 Å². The van der Waals surface area contributed by atoms with E-state index in [4.69, 9.17) is 36.1 Å². The fraction of sp³-hybridized carbons (Fsp3) is 0.545. The highest BCUT2D eigenvalue weighted by atomic mass is 16.4. The molecule has 0 aliphatic rings. The topological polar surface area (TPSA) is 80.9 Å². The number of fused-ring (bicyclic) bond motifs is 1. The maximum atomic E-state index is 9.10. The first-order valence-corrected chi connectivity index (χ1v) is 9.21. The molecule has 6 heteroatoms. The Morgan fingerprint density at radius 1 is 0.500 bits per heavy atom. The van der Waals surface area contributed by atoms with E-state index in [-0.39, 0.29) is 0 Å². The van der Waals surface area contributed by atoms with Gasteiger partial charge in [-0.3, -0.25) is 0 Å². The minimum atomic E-state index is -1.01. The summed E-state index contributed by atoms with van der Waals surface area (Å²) in [4.78, 5) is 0. The van der Waals surface area contributed by atoms with Gasteiger partial charge in [-0.15, -0.1) is 0 Å². The van der Waals surface area contributed by atoms with Gasteiger partial charge in [-0.1, -0.05) is 47.3 Å². The second kappa shape index (κ2) is 9.45. The number of rotatable bonds is 2. The summed E-state index contributed by atoms with van der Waals surface area (Å²) >= 11 is 0. The van der Waals surface area contributed by atoms with Gasteiger partial charge in [-0.2, -0.15) is 0 Å². The molecule has 0 saturated heterocycles. The Balaban J connectivity index is 0.000000408. The molecule has 0 atom stereocenters. The highest BCUT2D eigenvalue weighted by Crippen LogP contribution is 2.19. The summed E-state index contributed by atoms with van der Waals surface area (Å²) in [7, 11) is 11.5. The Bertz CT molecular complexity index is 658. The van der Waals surface area contributed by atoms with Gasteiger partial charge >= 0.3 is 0 Å². The molecule has 4 radical (unpaired) electrons. The third-order valence-electron chi connectivity index (χ3n) is 4.99. The zero-order chi connectivity index (χ0) is 22.6. The van der Waals surface area contributed by atoms with Crippen molar-refractivity contribution in [2.45, 2.75) is 77.8 Å². The van der Waals surface area contributed by atoms with Crippen LogP contribution < -0.4 is 10.9 Å². The van der Waals surface area contributed by atoms with Crippen LogP contribution in [0.2, 0.25) is 0 Å². The number of aliphatic hydroxyl groups is 4. The molecule has 0 aliphatic heterocycles. The summed E-state index contributed by atoms with van der Waals surface area (Å²) < 4.78 is 0. The molecule has 4 nitrogen and oxygen atoms in total. The van der Waals surface area contributed by atoms with Crippen molar-refractivity contribution in [2.75, 3.05) is 0 Å². The van der Waals surface area contributed by atoms with Crippen LogP contribution in [0.4, 0.5) is 0 Å². The van der Waals surface area contributed by atoms with Crippen molar-refractivity contribution in [3.63, 3.8) is 0 Å². The third-order valence-corrected chi connectivity index (χ3v) is 4.99. The lowest BCUT2D eigenvalue weighted by molar-refractivity contribution is -0.107. The molecule has 0 saturated carbocycles. The molecule has 2 rings (SSSR count). The van der Waals surface area contributed by atoms with Gasteiger partial charge in [0.25, 0.3) is 0 Å². The second-order valence-corrected chi connectivity index (χ2v) is 9.03. The van der Waals surface area contributed by atoms with Crippen LogP contribution in [0.1, 0.15) is 55.4 Å². The van der Waals surface area contributed by atoms with E-state index < -0.39 is 22.4 Å². The van der Waals surface area contributed by atoms with Gasteiger partial charge in [0.15, 0.2) is 0 Å². The maximum absolute atomic E-state index is 9.10. The predicted molar refractivity (Wildman–Crippen MR) is 120 cm³/mol. The number of benzene rings is 2. The van der Waals surface area contributed by atoms with Crippen molar-refractivity contribution in [3.05, 3.63) is 36.4 Å². The molecular formula is C22H34B2O4. The van der Waals surface area contributed by atoms with Crippen LogP contribution >= 0.6 is 0 Å². The summed E-state index contributed by atoms with van der Waals surface area (Å²) in [6.45, 7) is 12.6. The van der Waals surface area contributed by atoms with Crippen molar-refractivity contribution < 1.29 is 20.4 Å². The van der Waals surface area contributed by atoms with E-state index in [9.17, 15) is 0 Å². The van der Waals surface area contributed by atoms with Crippen LogP contribution in [0.25, 0.3) is 10.8 Å². The van der Waals surface area contributed by atoms with Gasteiger partial charge < -0.3 is 20.4 Å². The van der Waals surface area contributed by atoms with Crippen LogP contribution in [0, 0.1) is 0 Å². The molecule has 28 heavy (non-hydrogen) atoms. The minimum Gasteiger partial charge on any atom is -0.387 e. The predicted octanol–water partition coefficient (Wildman–Crippen LogP) is 1.48. The molecule has 0 aliphatic carbocycles. The van der Waals surface area contributed by atoms with Crippen molar-refractivity contribution in [1.29, 1.82) is 0 Å². The van der Waals surface area contributed by atoms with Crippen molar-refractivity contribution in [2.24, 2.45) is 0 Å². The van der Waals surface area contributed by atoms with Crippen LogP contribution in [-0.4, -0.2) is 58.5 Å². The van der Waals surface area contributed by atoms with E-state index in [1.807, 2.05) is 36.4 Å². The Hall–Kier alpha value is -1.33. The Morgan fingerprint density at radius 3 is 0.893 bits per heavy atom. The summed E-state index contributed by atoms with van der Waals surface area (Å²) in [6, 6.07) is 11.5.